The van der Waals surface area contributed by atoms with E-state index >= 15 is 0 Å². The maximum atomic E-state index is 12.7. The lowest BCUT2D eigenvalue weighted by atomic mass is 10.1. The fourth-order valence-corrected chi connectivity index (χ4v) is 2.56. The molecule has 0 radical (unpaired) electrons. The summed E-state index contributed by atoms with van der Waals surface area (Å²) in [5.41, 5.74) is 4.97. The summed E-state index contributed by atoms with van der Waals surface area (Å²) in [5.74, 6) is -0.192. The van der Waals surface area contributed by atoms with E-state index in [1.165, 1.54) is 11.0 Å². The first-order valence-electron chi connectivity index (χ1n) is 5.69. The van der Waals surface area contributed by atoms with Crippen molar-refractivity contribution in [2.75, 3.05) is 18.0 Å². The highest BCUT2D eigenvalue weighted by molar-refractivity contribution is 9.10. The van der Waals surface area contributed by atoms with E-state index in [-0.39, 0.29) is 23.9 Å². The van der Waals surface area contributed by atoms with Gasteiger partial charge in [0.2, 0.25) is 5.91 Å². The van der Waals surface area contributed by atoms with E-state index in [9.17, 15) is 18.0 Å². The van der Waals surface area contributed by atoms with Crippen molar-refractivity contribution in [3.63, 3.8) is 0 Å². The normalized spacial score (nSPS) is 20.2. The minimum atomic E-state index is -4.44. The van der Waals surface area contributed by atoms with Crippen LogP contribution in [0.1, 0.15) is 12.0 Å². The van der Waals surface area contributed by atoms with Crippen LogP contribution in [0.15, 0.2) is 22.7 Å². The molecule has 0 saturated carbocycles. The standard InChI is InChI=1S/C12H12BrF3N2O/c13-9-2-8(12(14,15)16)3-10(4-9)18-6-7(5-17)1-11(18)19/h2-4,7H,1,5-6,17H2. The van der Waals surface area contributed by atoms with Crippen LogP contribution in [-0.2, 0) is 11.0 Å². The van der Waals surface area contributed by atoms with Gasteiger partial charge in [-0.05, 0) is 30.7 Å². The van der Waals surface area contributed by atoms with Crippen molar-refractivity contribution in [2.45, 2.75) is 12.6 Å². The number of carbonyl (C=O) groups excluding carboxylic acids is 1. The molecule has 1 unspecified atom stereocenters. The van der Waals surface area contributed by atoms with Crippen molar-refractivity contribution in [1.82, 2.24) is 0 Å². The summed E-state index contributed by atoms with van der Waals surface area (Å²) in [6.07, 6.45) is -4.15. The highest BCUT2D eigenvalue weighted by Crippen LogP contribution is 2.35. The monoisotopic (exact) mass is 336 g/mol. The molecular weight excluding hydrogens is 325 g/mol. The molecule has 1 fully saturated rings. The zero-order chi connectivity index (χ0) is 14.2. The van der Waals surface area contributed by atoms with Gasteiger partial charge in [0.1, 0.15) is 0 Å². The largest absolute Gasteiger partial charge is 0.416 e. The third-order valence-corrected chi connectivity index (χ3v) is 3.52. The molecule has 1 aromatic carbocycles. The quantitative estimate of drug-likeness (QED) is 0.902. The van der Waals surface area contributed by atoms with Crippen LogP contribution >= 0.6 is 15.9 Å². The van der Waals surface area contributed by atoms with Crippen molar-refractivity contribution in [2.24, 2.45) is 11.7 Å². The molecule has 0 aromatic heterocycles. The molecule has 0 spiro atoms. The second-order valence-corrected chi connectivity index (χ2v) is 5.42. The van der Waals surface area contributed by atoms with Crippen molar-refractivity contribution < 1.29 is 18.0 Å². The number of rotatable bonds is 2. The van der Waals surface area contributed by atoms with Crippen LogP contribution in [0.2, 0.25) is 0 Å². The smallest absolute Gasteiger partial charge is 0.330 e. The van der Waals surface area contributed by atoms with Gasteiger partial charge in [-0.2, -0.15) is 13.2 Å². The predicted octanol–water partition coefficient (Wildman–Crippen LogP) is 2.78. The van der Waals surface area contributed by atoms with Crippen molar-refractivity contribution in [3.8, 4) is 0 Å². The molecule has 0 bridgehead atoms. The Morgan fingerprint density at radius 1 is 1.37 bits per heavy atom. The number of alkyl halides is 3. The Hall–Kier alpha value is -1.08. The molecule has 0 aliphatic carbocycles. The number of hydrogen-bond donors (Lipinski definition) is 1. The van der Waals surface area contributed by atoms with Crippen LogP contribution in [0.25, 0.3) is 0 Å². The Balaban J connectivity index is 2.35. The number of amides is 1. The Labute approximate surface area is 116 Å². The summed E-state index contributed by atoms with van der Waals surface area (Å²) in [6.45, 7) is 0.714. The van der Waals surface area contributed by atoms with Gasteiger partial charge in [-0.15, -0.1) is 0 Å². The molecule has 1 aliphatic heterocycles. The second kappa shape index (κ2) is 5.13. The first-order valence-corrected chi connectivity index (χ1v) is 6.49. The van der Waals surface area contributed by atoms with Crippen LogP contribution in [0, 0.1) is 5.92 Å². The minimum absolute atomic E-state index is 0.000758. The van der Waals surface area contributed by atoms with E-state index in [2.05, 4.69) is 15.9 Å². The molecule has 7 heteroatoms. The molecule has 104 valence electrons. The molecule has 1 heterocycles. The molecule has 19 heavy (non-hydrogen) atoms. The topological polar surface area (TPSA) is 46.3 Å². The van der Waals surface area contributed by atoms with E-state index < -0.39 is 11.7 Å². The predicted molar refractivity (Wildman–Crippen MR) is 68.7 cm³/mol. The maximum Gasteiger partial charge on any atom is 0.416 e. The highest BCUT2D eigenvalue weighted by atomic mass is 79.9. The summed E-state index contributed by atoms with van der Waals surface area (Å²) in [4.78, 5) is 13.1. The Morgan fingerprint density at radius 2 is 2.05 bits per heavy atom. The van der Waals surface area contributed by atoms with Crippen molar-refractivity contribution in [1.29, 1.82) is 0 Å². The minimum Gasteiger partial charge on any atom is -0.330 e. The number of nitrogens with two attached hydrogens (primary N) is 1. The molecule has 1 aliphatic rings. The maximum absolute atomic E-state index is 12.7. The molecule has 2 N–H and O–H groups in total. The number of halogens is 4. The molecule has 2 rings (SSSR count). The van der Waals surface area contributed by atoms with Gasteiger partial charge < -0.3 is 10.6 Å². The summed E-state index contributed by atoms with van der Waals surface area (Å²) in [6, 6.07) is 3.48. The first-order chi connectivity index (χ1) is 8.81. The van der Waals surface area contributed by atoms with Gasteiger partial charge >= 0.3 is 6.18 Å². The Kier molecular flexibility index (Phi) is 3.87. The average molecular weight is 337 g/mol. The van der Waals surface area contributed by atoms with Crippen LogP contribution in [-0.4, -0.2) is 19.0 Å². The molecule has 1 saturated heterocycles. The first kappa shape index (κ1) is 14.3. The van der Waals surface area contributed by atoms with Crippen LogP contribution in [0.5, 0.6) is 0 Å². The van der Waals surface area contributed by atoms with Gasteiger partial charge in [0.05, 0.1) is 5.56 Å². The lowest BCUT2D eigenvalue weighted by Crippen LogP contribution is -2.26. The SMILES string of the molecule is NCC1CC(=O)N(c2cc(Br)cc(C(F)(F)F)c2)C1. The zero-order valence-corrected chi connectivity index (χ0v) is 11.5. The molecular formula is C12H12BrF3N2O. The lowest BCUT2D eigenvalue weighted by Gasteiger charge is -2.19. The molecule has 1 aromatic rings. The molecule has 1 amide bonds. The fourth-order valence-electron chi connectivity index (χ4n) is 2.08. The van der Waals surface area contributed by atoms with E-state index in [4.69, 9.17) is 5.73 Å². The summed E-state index contributed by atoms with van der Waals surface area (Å²) in [5, 5.41) is 0. The number of nitrogens with zero attached hydrogens (tertiary/aromatic N) is 1. The van der Waals surface area contributed by atoms with E-state index in [0.717, 1.165) is 12.1 Å². The average Bonchev–Trinajstić information content (AvgIpc) is 2.68. The second-order valence-electron chi connectivity index (χ2n) is 4.51. The fraction of sp³-hybridized carbons (Fsp3) is 0.417. The van der Waals surface area contributed by atoms with E-state index in [0.29, 0.717) is 17.6 Å². The lowest BCUT2D eigenvalue weighted by molar-refractivity contribution is -0.137. The van der Waals surface area contributed by atoms with Gasteiger partial charge in [-0.25, -0.2) is 0 Å². The van der Waals surface area contributed by atoms with E-state index in [1.807, 2.05) is 0 Å². The summed E-state index contributed by atoms with van der Waals surface area (Å²) < 4.78 is 38.5. The highest BCUT2D eigenvalue weighted by Gasteiger charge is 2.34. The Bertz CT molecular complexity index is 504. The van der Waals surface area contributed by atoms with Crippen LogP contribution < -0.4 is 10.6 Å². The van der Waals surface area contributed by atoms with Crippen molar-refractivity contribution in [3.05, 3.63) is 28.2 Å². The van der Waals surface area contributed by atoms with Gasteiger partial charge in [-0.1, -0.05) is 15.9 Å². The van der Waals surface area contributed by atoms with Gasteiger partial charge in [0.15, 0.2) is 0 Å². The molecule has 3 nitrogen and oxygen atoms in total. The molecule has 1 atom stereocenters. The zero-order valence-electron chi connectivity index (χ0n) is 9.88. The number of carbonyl (C=O) groups is 1. The number of anilines is 1. The number of hydrogen-bond acceptors (Lipinski definition) is 2. The number of benzene rings is 1. The van der Waals surface area contributed by atoms with Crippen LogP contribution in [0.4, 0.5) is 18.9 Å². The third kappa shape index (κ3) is 3.09. The Morgan fingerprint density at radius 3 is 2.58 bits per heavy atom. The van der Waals surface area contributed by atoms with E-state index in [1.54, 1.807) is 0 Å². The van der Waals surface area contributed by atoms with Crippen molar-refractivity contribution >= 4 is 27.5 Å². The van der Waals surface area contributed by atoms with Gasteiger partial charge in [0.25, 0.3) is 0 Å². The van der Waals surface area contributed by atoms with Gasteiger partial charge in [0, 0.05) is 23.1 Å². The third-order valence-electron chi connectivity index (χ3n) is 3.06. The van der Waals surface area contributed by atoms with Gasteiger partial charge in [-0.3, -0.25) is 4.79 Å². The summed E-state index contributed by atoms with van der Waals surface area (Å²) >= 11 is 3.04. The van der Waals surface area contributed by atoms with Crippen LogP contribution in [0.3, 0.4) is 0 Å². The summed E-state index contributed by atoms with van der Waals surface area (Å²) in [7, 11) is 0.